The average molecular weight is 1010 g/mol. The van der Waals surface area contributed by atoms with Crippen LogP contribution in [0, 0.1) is 0 Å². The van der Waals surface area contributed by atoms with Gasteiger partial charge in [-0.2, -0.15) is 0 Å². The molecule has 78 heavy (non-hydrogen) atoms. The van der Waals surface area contributed by atoms with Crippen molar-refractivity contribution in [1.82, 2.24) is 0 Å². The minimum atomic E-state index is -0.598. The van der Waals surface area contributed by atoms with E-state index in [1.54, 1.807) is 0 Å². The van der Waals surface area contributed by atoms with E-state index in [0.717, 1.165) is 28.6 Å². The summed E-state index contributed by atoms with van der Waals surface area (Å²) in [5.41, 5.74) is 26.6. The van der Waals surface area contributed by atoms with Crippen molar-refractivity contribution in [1.29, 1.82) is 0 Å². The Hall–Kier alpha value is -7.42. The summed E-state index contributed by atoms with van der Waals surface area (Å²) in [6.45, 7) is 14.1. The van der Waals surface area contributed by atoms with Crippen LogP contribution in [0.15, 0.2) is 188 Å². The van der Waals surface area contributed by atoms with Crippen LogP contribution in [-0.2, 0) is 21.7 Å². The molecule has 15 rings (SSSR count). The molecule has 9 aromatic rings. The third kappa shape index (κ3) is 6.93. The topological polar surface area (TPSA) is 12.5 Å². The third-order valence-corrected chi connectivity index (χ3v) is 19.6. The summed E-state index contributed by atoms with van der Waals surface area (Å²) >= 11 is 0. The van der Waals surface area contributed by atoms with E-state index in [-0.39, 0.29) is 10.8 Å². The number of benzene rings is 9. The van der Waals surface area contributed by atoms with E-state index >= 15 is 0 Å². The third-order valence-electron chi connectivity index (χ3n) is 19.6. The van der Waals surface area contributed by atoms with Gasteiger partial charge in [-0.05, 0) is 186 Å². The lowest BCUT2D eigenvalue weighted by Gasteiger charge is -2.41. The minimum Gasteiger partial charge on any atom is -0.457 e. The van der Waals surface area contributed by atoms with Gasteiger partial charge in [0, 0.05) is 28.2 Å². The predicted octanol–water partition coefficient (Wildman–Crippen LogP) is 20.7. The summed E-state index contributed by atoms with van der Waals surface area (Å²) in [4.78, 5) is 2.53. The molecule has 2 saturated carbocycles. The van der Waals surface area contributed by atoms with Gasteiger partial charge in [-0.3, -0.25) is 0 Å². The van der Waals surface area contributed by atoms with Crippen LogP contribution in [0.25, 0.3) is 33.4 Å². The fraction of sp³-hybridized carbons (Fsp3) is 0.289. The summed E-state index contributed by atoms with van der Waals surface area (Å²) in [5, 5.41) is 0. The lowest BCUT2D eigenvalue weighted by atomic mass is 9.65. The minimum absolute atomic E-state index is 0.0300. The van der Waals surface area contributed by atoms with E-state index < -0.39 is 10.8 Å². The zero-order valence-electron chi connectivity index (χ0n) is 46.5. The number of rotatable bonds is 5. The van der Waals surface area contributed by atoms with Crippen molar-refractivity contribution < 1.29 is 4.74 Å². The Kier molecular flexibility index (Phi) is 10.7. The van der Waals surface area contributed by atoms with Crippen LogP contribution < -0.4 is 9.64 Å². The average Bonchev–Trinajstić information content (AvgIpc) is 2.41. The molecule has 0 N–H and O–H groups in total. The second kappa shape index (κ2) is 17.5. The lowest BCUT2D eigenvalue weighted by molar-refractivity contribution is 0.433. The van der Waals surface area contributed by atoms with Crippen molar-refractivity contribution in [2.24, 2.45) is 0 Å². The molecule has 2 spiro atoms. The summed E-state index contributed by atoms with van der Waals surface area (Å²) in [6, 6.07) is 74.0. The molecule has 386 valence electrons. The second-order valence-electron chi connectivity index (χ2n) is 26.0. The van der Waals surface area contributed by atoms with E-state index in [1.807, 2.05) is 0 Å². The molecule has 2 fully saturated rings. The Morgan fingerprint density at radius 1 is 0.333 bits per heavy atom. The van der Waals surface area contributed by atoms with Crippen LogP contribution in [0.1, 0.15) is 184 Å². The first kappa shape index (κ1) is 47.8. The molecule has 6 aliphatic rings. The zero-order chi connectivity index (χ0) is 52.7. The maximum Gasteiger partial charge on any atom is 0.132 e. The monoisotopic (exact) mass is 1010 g/mol. The quantitative estimate of drug-likeness (QED) is 0.170. The molecule has 2 nitrogen and oxygen atoms in total. The van der Waals surface area contributed by atoms with Gasteiger partial charge in [-0.1, -0.05) is 220 Å². The van der Waals surface area contributed by atoms with Gasteiger partial charge in [-0.15, -0.1) is 0 Å². The number of fused-ring (bicyclic) bond motifs is 19. The van der Waals surface area contributed by atoms with Gasteiger partial charge in [0.05, 0.1) is 10.8 Å². The van der Waals surface area contributed by atoms with Crippen LogP contribution in [-0.4, -0.2) is 0 Å². The van der Waals surface area contributed by atoms with Gasteiger partial charge in [0.25, 0.3) is 0 Å². The van der Waals surface area contributed by atoms with Crippen LogP contribution in [0.4, 0.5) is 17.1 Å². The van der Waals surface area contributed by atoms with E-state index in [2.05, 4.69) is 234 Å². The van der Waals surface area contributed by atoms with E-state index in [4.69, 9.17) is 4.74 Å². The molecule has 1 aliphatic heterocycles. The molecule has 2 heteroatoms. The Morgan fingerprint density at radius 3 is 1.31 bits per heavy atom. The fourth-order valence-corrected chi connectivity index (χ4v) is 15.8. The molecule has 0 aromatic heterocycles. The molecule has 9 aromatic carbocycles. The largest absolute Gasteiger partial charge is 0.457 e. The molecular formula is C76H71NO. The Morgan fingerprint density at radius 2 is 0.744 bits per heavy atom. The highest BCUT2D eigenvalue weighted by atomic mass is 16.5. The van der Waals surface area contributed by atoms with Gasteiger partial charge in [-0.25, -0.2) is 0 Å². The Labute approximate surface area is 463 Å². The maximum absolute atomic E-state index is 7.21. The standard InChI is InChI=1S/C76H71NO/c1-73(2,3)52-32-38-60-61-39-33-53(74(4,5)6)45-68(61)75(67(60)44-52)63-27-17-16-26-57(63)62-40-34-55(46-69(62)75)77(54-24-14-9-15-25-54)56-35-41-72-70(47-56)76(64-28-18-19-29-71(64)78-72)65-42-50(48-20-10-7-11-21-48)30-36-58(65)59-37-31-51(43-66(59)76)49-22-12-8-13-23-49/h9,14-19,24-49H,7-8,10-13,20-23H2,1-6H3. The Bertz CT molecular complexity index is 3750. The molecular weight excluding hydrogens is 943 g/mol. The van der Waals surface area contributed by atoms with Crippen LogP contribution in [0.3, 0.4) is 0 Å². The number of hydrogen-bond acceptors (Lipinski definition) is 2. The van der Waals surface area contributed by atoms with Crippen molar-refractivity contribution in [3.63, 3.8) is 0 Å². The van der Waals surface area contributed by atoms with Crippen LogP contribution in [0.2, 0.25) is 0 Å². The molecule has 0 bridgehead atoms. The van der Waals surface area contributed by atoms with Gasteiger partial charge in [0.1, 0.15) is 11.5 Å². The second-order valence-corrected chi connectivity index (χ2v) is 26.0. The van der Waals surface area contributed by atoms with E-state index in [0.29, 0.717) is 11.8 Å². The number of hydrogen-bond donors (Lipinski definition) is 0. The van der Waals surface area contributed by atoms with Crippen molar-refractivity contribution in [2.45, 2.75) is 139 Å². The number of anilines is 3. The molecule has 0 atom stereocenters. The lowest BCUT2D eigenvalue weighted by Crippen LogP contribution is -2.33. The van der Waals surface area contributed by atoms with Gasteiger partial charge >= 0.3 is 0 Å². The summed E-state index contributed by atoms with van der Waals surface area (Å²) in [7, 11) is 0. The SMILES string of the molecule is CC(C)(C)c1ccc2c(c1)C1(c3ccccc3-c3ccc(N(c4ccccc4)c4ccc5c(c4)C4(c6ccccc6O5)c5cc(C6CCCCC6)ccc5-c5ccc(C6CCCCC6)cc54)cc31)c1cc(C(C)(C)C)ccc1-2. The number of ether oxygens (including phenoxy) is 1. The van der Waals surface area contributed by atoms with Crippen molar-refractivity contribution in [3.8, 4) is 44.9 Å². The first-order valence-electron chi connectivity index (χ1n) is 29.5. The Balaban J connectivity index is 0.985. The summed E-state index contributed by atoms with van der Waals surface area (Å²) < 4.78 is 7.21. The fourth-order valence-electron chi connectivity index (χ4n) is 15.8. The smallest absolute Gasteiger partial charge is 0.132 e. The highest BCUT2D eigenvalue weighted by Gasteiger charge is 2.54. The normalized spacial score (nSPS) is 17.3. The molecule has 0 amide bonds. The molecule has 0 unspecified atom stereocenters. The number of para-hydroxylation sites is 2. The van der Waals surface area contributed by atoms with Gasteiger partial charge < -0.3 is 9.64 Å². The van der Waals surface area contributed by atoms with E-state index in [9.17, 15) is 0 Å². The predicted molar refractivity (Wildman–Crippen MR) is 324 cm³/mol. The molecule has 5 aliphatic carbocycles. The van der Waals surface area contributed by atoms with Crippen molar-refractivity contribution in [2.75, 3.05) is 4.90 Å². The summed E-state index contributed by atoms with van der Waals surface area (Å²) in [6.07, 6.45) is 13.0. The van der Waals surface area contributed by atoms with Crippen molar-refractivity contribution in [3.05, 3.63) is 255 Å². The van der Waals surface area contributed by atoms with Gasteiger partial charge in [0.2, 0.25) is 0 Å². The molecule has 0 radical (unpaired) electrons. The maximum atomic E-state index is 7.21. The first-order chi connectivity index (χ1) is 37.9. The highest BCUT2D eigenvalue weighted by molar-refractivity contribution is 5.97. The van der Waals surface area contributed by atoms with E-state index in [1.165, 1.54) is 164 Å². The van der Waals surface area contributed by atoms with Crippen LogP contribution >= 0.6 is 0 Å². The number of nitrogens with zero attached hydrogens (tertiary/aromatic N) is 1. The summed E-state index contributed by atoms with van der Waals surface area (Å²) in [5.74, 6) is 3.03. The molecule has 0 saturated heterocycles. The van der Waals surface area contributed by atoms with Gasteiger partial charge in [0.15, 0.2) is 0 Å². The highest BCUT2D eigenvalue weighted by Crippen LogP contribution is 2.66. The first-order valence-corrected chi connectivity index (χ1v) is 29.5. The zero-order valence-corrected chi connectivity index (χ0v) is 46.5. The van der Waals surface area contributed by atoms with Crippen LogP contribution in [0.5, 0.6) is 11.5 Å². The molecule has 1 heterocycles. The van der Waals surface area contributed by atoms with Crippen molar-refractivity contribution >= 4 is 17.1 Å².